The molecule has 0 atom stereocenters. The van der Waals surface area contributed by atoms with Crippen LogP contribution in [0, 0.1) is 19.7 Å². The summed E-state index contributed by atoms with van der Waals surface area (Å²) in [6, 6.07) is 9.43. The van der Waals surface area contributed by atoms with Crippen molar-refractivity contribution in [1.82, 2.24) is 10.2 Å². The zero-order valence-electron chi connectivity index (χ0n) is 16.5. The lowest BCUT2D eigenvalue weighted by atomic mass is 10.0. The van der Waals surface area contributed by atoms with Gasteiger partial charge < -0.3 is 15.0 Å². The number of likely N-dealkylation sites (tertiary alicyclic amines) is 1. The van der Waals surface area contributed by atoms with Gasteiger partial charge in [0.1, 0.15) is 11.6 Å². The Morgan fingerprint density at radius 1 is 1.17 bits per heavy atom. The number of carbonyl (C=O) groups is 2. The average molecular weight is 419 g/mol. The van der Waals surface area contributed by atoms with Gasteiger partial charge in [-0.1, -0.05) is 23.7 Å². The third kappa shape index (κ3) is 5.26. The van der Waals surface area contributed by atoms with Crippen LogP contribution in [0.5, 0.6) is 5.75 Å². The molecule has 2 amide bonds. The van der Waals surface area contributed by atoms with Crippen LogP contribution in [0.3, 0.4) is 0 Å². The van der Waals surface area contributed by atoms with E-state index >= 15 is 0 Å². The number of aryl methyl sites for hydroxylation is 2. The van der Waals surface area contributed by atoms with Crippen molar-refractivity contribution in [3.05, 3.63) is 63.9 Å². The van der Waals surface area contributed by atoms with Gasteiger partial charge in [0.2, 0.25) is 0 Å². The number of piperidine rings is 1. The second-order valence-electron chi connectivity index (χ2n) is 7.27. The molecule has 7 heteroatoms. The van der Waals surface area contributed by atoms with Gasteiger partial charge >= 0.3 is 0 Å². The Kier molecular flexibility index (Phi) is 6.75. The first-order chi connectivity index (χ1) is 13.8. The Balaban J connectivity index is 1.47. The molecule has 29 heavy (non-hydrogen) atoms. The summed E-state index contributed by atoms with van der Waals surface area (Å²) < 4.78 is 19.4. The highest BCUT2D eigenvalue weighted by atomic mass is 35.5. The molecule has 0 aliphatic carbocycles. The maximum atomic E-state index is 13.7. The van der Waals surface area contributed by atoms with E-state index in [1.165, 1.54) is 12.1 Å². The van der Waals surface area contributed by atoms with Crippen LogP contribution >= 0.6 is 11.6 Å². The van der Waals surface area contributed by atoms with Gasteiger partial charge in [-0.25, -0.2) is 4.39 Å². The van der Waals surface area contributed by atoms with E-state index in [-0.39, 0.29) is 24.1 Å². The third-order valence-electron chi connectivity index (χ3n) is 5.07. The summed E-state index contributed by atoms with van der Waals surface area (Å²) in [5.74, 6) is -0.453. The largest absolute Gasteiger partial charge is 0.484 e. The Hall–Kier alpha value is -2.60. The molecule has 1 heterocycles. The number of halogens is 2. The molecule has 154 valence electrons. The van der Waals surface area contributed by atoms with E-state index in [0.717, 1.165) is 11.1 Å². The van der Waals surface area contributed by atoms with E-state index in [9.17, 15) is 14.0 Å². The highest BCUT2D eigenvalue weighted by molar-refractivity contribution is 6.32. The van der Waals surface area contributed by atoms with Crippen LogP contribution < -0.4 is 10.1 Å². The van der Waals surface area contributed by atoms with Crippen molar-refractivity contribution in [2.75, 3.05) is 19.7 Å². The van der Waals surface area contributed by atoms with Crippen molar-refractivity contribution in [2.45, 2.75) is 32.7 Å². The minimum atomic E-state index is -0.539. The Bertz CT molecular complexity index is 888. The van der Waals surface area contributed by atoms with Crippen molar-refractivity contribution < 1.29 is 18.7 Å². The summed E-state index contributed by atoms with van der Waals surface area (Å²) in [7, 11) is 0. The van der Waals surface area contributed by atoms with Gasteiger partial charge in [0.05, 0.1) is 5.56 Å². The SMILES string of the molecule is Cc1cc(OCC(=O)N2CCC(NC(=O)c3ccccc3F)CC2)cc(C)c1Cl. The zero-order chi connectivity index (χ0) is 21.0. The minimum Gasteiger partial charge on any atom is -0.484 e. The Labute approximate surface area is 174 Å². The van der Waals surface area contributed by atoms with Crippen LogP contribution in [0.2, 0.25) is 5.02 Å². The van der Waals surface area contributed by atoms with Crippen molar-refractivity contribution in [2.24, 2.45) is 0 Å². The molecule has 1 saturated heterocycles. The molecule has 2 aromatic rings. The van der Waals surface area contributed by atoms with Gasteiger partial charge in [-0.3, -0.25) is 9.59 Å². The molecule has 0 aromatic heterocycles. The van der Waals surface area contributed by atoms with Crippen molar-refractivity contribution >= 4 is 23.4 Å². The van der Waals surface area contributed by atoms with E-state index in [2.05, 4.69) is 5.32 Å². The average Bonchev–Trinajstić information content (AvgIpc) is 2.71. The summed E-state index contributed by atoms with van der Waals surface area (Å²) >= 11 is 6.15. The lowest BCUT2D eigenvalue weighted by Crippen LogP contribution is -2.47. The summed E-state index contributed by atoms with van der Waals surface area (Å²) in [4.78, 5) is 26.4. The molecule has 1 aliphatic heterocycles. The van der Waals surface area contributed by atoms with E-state index in [1.807, 2.05) is 26.0 Å². The molecular formula is C22H24ClFN2O3. The molecular weight excluding hydrogens is 395 g/mol. The van der Waals surface area contributed by atoms with E-state index in [0.29, 0.717) is 36.7 Å². The van der Waals surface area contributed by atoms with E-state index in [1.54, 1.807) is 17.0 Å². The minimum absolute atomic E-state index is 0.0351. The van der Waals surface area contributed by atoms with Crippen molar-refractivity contribution in [1.29, 1.82) is 0 Å². The number of rotatable bonds is 5. The van der Waals surface area contributed by atoms with Crippen molar-refractivity contribution in [3.63, 3.8) is 0 Å². The fourth-order valence-corrected chi connectivity index (χ4v) is 3.52. The molecule has 0 unspecified atom stereocenters. The highest BCUT2D eigenvalue weighted by Gasteiger charge is 2.25. The topological polar surface area (TPSA) is 58.6 Å². The van der Waals surface area contributed by atoms with Crippen LogP contribution in [0.15, 0.2) is 36.4 Å². The second kappa shape index (κ2) is 9.27. The quantitative estimate of drug-likeness (QED) is 0.801. The van der Waals surface area contributed by atoms with Gasteiger partial charge in [0.15, 0.2) is 6.61 Å². The van der Waals surface area contributed by atoms with Gasteiger partial charge in [-0.2, -0.15) is 0 Å². The number of nitrogens with one attached hydrogen (secondary N) is 1. The first-order valence-corrected chi connectivity index (χ1v) is 9.95. The number of benzene rings is 2. The summed E-state index contributed by atoms with van der Waals surface area (Å²) in [6.07, 6.45) is 1.23. The highest BCUT2D eigenvalue weighted by Crippen LogP contribution is 2.26. The monoisotopic (exact) mass is 418 g/mol. The predicted molar refractivity (Wildman–Crippen MR) is 110 cm³/mol. The third-order valence-corrected chi connectivity index (χ3v) is 5.67. The molecule has 1 N–H and O–H groups in total. The molecule has 0 saturated carbocycles. The van der Waals surface area contributed by atoms with E-state index in [4.69, 9.17) is 16.3 Å². The van der Waals surface area contributed by atoms with Crippen LogP contribution in [0.4, 0.5) is 4.39 Å². The summed E-state index contributed by atoms with van der Waals surface area (Å²) in [6.45, 7) is 4.77. The van der Waals surface area contributed by atoms with Crippen LogP contribution in [0.25, 0.3) is 0 Å². The standard InChI is InChI=1S/C22H24ClFN2O3/c1-14-11-17(12-15(2)21(14)23)29-13-20(27)26-9-7-16(8-10-26)25-22(28)18-5-3-4-6-19(18)24/h3-6,11-12,16H,7-10,13H2,1-2H3,(H,25,28). The maximum Gasteiger partial charge on any atom is 0.260 e. The Morgan fingerprint density at radius 3 is 2.41 bits per heavy atom. The van der Waals surface area contributed by atoms with Gasteiger partial charge in [0.25, 0.3) is 11.8 Å². The summed E-state index contributed by atoms with van der Waals surface area (Å²) in [5, 5.41) is 3.55. The number of hydrogen-bond donors (Lipinski definition) is 1. The number of carbonyl (C=O) groups excluding carboxylic acids is 2. The van der Waals surface area contributed by atoms with Gasteiger partial charge in [-0.15, -0.1) is 0 Å². The lowest BCUT2D eigenvalue weighted by Gasteiger charge is -2.32. The number of nitrogens with zero attached hydrogens (tertiary/aromatic N) is 1. The first-order valence-electron chi connectivity index (χ1n) is 9.58. The fourth-order valence-electron chi connectivity index (χ4n) is 3.41. The molecule has 1 fully saturated rings. The Morgan fingerprint density at radius 2 is 1.79 bits per heavy atom. The van der Waals surface area contributed by atoms with Crippen LogP contribution in [-0.4, -0.2) is 42.5 Å². The predicted octanol–water partition coefficient (Wildman–Crippen LogP) is 3.90. The normalized spacial score (nSPS) is 14.6. The molecule has 1 aliphatic rings. The summed E-state index contributed by atoms with van der Waals surface area (Å²) in [5.41, 5.74) is 1.84. The first kappa shape index (κ1) is 21.1. The van der Waals surface area contributed by atoms with Crippen LogP contribution in [0.1, 0.15) is 34.3 Å². The molecule has 0 radical (unpaired) electrons. The maximum absolute atomic E-state index is 13.7. The lowest BCUT2D eigenvalue weighted by molar-refractivity contribution is -0.134. The van der Waals surface area contributed by atoms with E-state index < -0.39 is 11.7 Å². The van der Waals surface area contributed by atoms with Gasteiger partial charge in [0, 0.05) is 24.2 Å². The van der Waals surface area contributed by atoms with Gasteiger partial charge in [-0.05, 0) is 62.1 Å². The smallest absolute Gasteiger partial charge is 0.260 e. The molecule has 2 aromatic carbocycles. The number of hydrogen-bond acceptors (Lipinski definition) is 3. The molecule has 0 spiro atoms. The van der Waals surface area contributed by atoms with Crippen LogP contribution in [-0.2, 0) is 4.79 Å². The fraction of sp³-hybridized carbons (Fsp3) is 0.364. The van der Waals surface area contributed by atoms with Crippen molar-refractivity contribution in [3.8, 4) is 5.75 Å². The number of amides is 2. The number of ether oxygens (including phenoxy) is 1. The zero-order valence-corrected chi connectivity index (χ0v) is 17.3. The molecule has 5 nitrogen and oxygen atoms in total. The molecule has 3 rings (SSSR count). The second-order valence-corrected chi connectivity index (χ2v) is 7.65. The molecule has 0 bridgehead atoms.